The van der Waals surface area contributed by atoms with Crippen LogP contribution in [-0.2, 0) is 32.5 Å². The van der Waals surface area contributed by atoms with Crippen LogP contribution in [0, 0.1) is 6.92 Å². The molecular formula is C14H21N5. The first-order valence-corrected chi connectivity index (χ1v) is 7.05. The van der Waals surface area contributed by atoms with Gasteiger partial charge in [-0.3, -0.25) is 4.68 Å². The van der Waals surface area contributed by atoms with Crippen molar-refractivity contribution < 1.29 is 0 Å². The van der Waals surface area contributed by atoms with Crippen LogP contribution in [0.2, 0.25) is 0 Å². The normalized spacial score (nSPS) is 14.6. The van der Waals surface area contributed by atoms with E-state index >= 15 is 0 Å². The maximum atomic E-state index is 4.76. The third kappa shape index (κ3) is 2.42. The molecule has 0 amide bonds. The third-order valence-corrected chi connectivity index (χ3v) is 3.70. The Hall–Kier alpha value is -1.62. The van der Waals surface area contributed by atoms with E-state index in [0.29, 0.717) is 0 Å². The lowest BCUT2D eigenvalue weighted by Gasteiger charge is -2.16. The molecule has 5 nitrogen and oxygen atoms in total. The molecule has 0 aliphatic carbocycles. The molecule has 2 aromatic rings. The largest absolute Gasteiger partial charge is 0.330 e. The van der Waals surface area contributed by atoms with Crippen LogP contribution in [0.25, 0.3) is 0 Å². The monoisotopic (exact) mass is 259 g/mol. The number of imidazole rings is 1. The highest BCUT2D eigenvalue weighted by molar-refractivity contribution is 5.20. The van der Waals surface area contributed by atoms with Gasteiger partial charge in [-0.2, -0.15) is 5.10 Å². The summed E-state index contributed by atoms with van der Waals surface area (Å²) in [6.45, 7) is 8.10. The van der Waals surface area contributed by atoms with Gasteiger partial charge in [0.2, 0.25) is 0 Å². The Kier molecular flexibility index (Phi) is 3.38. The molecule has 1 aliphatic rings. The fraction of sp³-hybridized carbons (Fsp3) is 0.571. The predicted octanol–water partition coefficient (Wildman–Crippen LogP) is 1.30. The van der Waals surface area contributed by atoms with E-state index in [9.17, 15) is 0 Å². The van der Waals surface area contributed by atoms with Gasteiger partial charge in [0.15, 0.2) is 0 Å². The maximum Gasteiger partial charge on any atom is 0.109 e. The summed E-state index contributed by atoms with van der Waals surface area (Å²) in [5.41, 5.74) is 3.87. The van der Waals surface area contributed by atoms with Crippen LogP contribution in [0.3, 0.4) is 0 Å². The van der Waals surface area contributed by atoms with E-state index in [4.69, 9.17) is 4.98 Å². The van der Waals surface area contributed by atoms with Gasteiger partial charge < -0.3 is 9.88 Å². The Balaban J connectivity index is 1.81. The number of nitrogens with one attached hydrogen (secondary N) is 1. The Bertz CT molecular complexity index is 566. The summed E-state index contributed by atoms with van der Waals surface area (Å²) in [4.78, 5) is 4.76. The first-order chi connectivity index (χ1) is 9.28. The number of nitrogens with zero attached hydrogens (tertiary/aromatic N) is 4. The average Bonchev–Trinajstić information content (AvgIpc) is 2.99. The molecule has 1 aliphatic heterocycles. The third-order valence-electron chi connectivity index (χ3n) is 3.70. The van der Waals surface area contributed by atoms with Crippen LogP contribution in [0.1, 0.15) is 29.7 Å². The molecule has 0 saturated heterocycles. The first kappa shape index (κ1) is 12.4. The molecule has 0 fully saturated rings. The Morgan fingerprint density at radius 2 is 2.26 bits per heavy atom. The minimum absolute atomic E-state index is 0.913. The summed E-state index contributed by atoms with van der Waals surface area (Å²) in [7, 11) is 0. The van der Waals surface area contributed by atoms with Crippen LogP contribution in [-0.4, -0.2) is 25.9 Å². The predicted molar refractivity (Wildman–Crippen MR) is 74.0 cm³/mol. The molecule has 0 radical (unpaired) electrons. The zero-order valence-electron chi connectivity index (χ0n) is 11.7. The minimum atomic E-state index is 0.913. The molecular weight excluding hydrogens is 238 g/mol. The van der Waals surface area contributed by atoms with Crippen LogP contribution in [0.4, 0.5) is 0 Å². The van der Waals surface area contributed by atoms with Gasteiger partial charge in [0, 0.05) is 44.4 Å². The van der Waals surface area contributed by atoms with Gasteiger partial charge >= 0.3 is 0 Å². The number of hydrogen-bond donors (Lipinski definition) is 1. The molecule has 0 bridgehead atoms. The first-order valence-electron chi connectivity index (χ1n) is 7.05. The van der Waals surface area contributed by atoms with Crippen molar-refractivity contribution in [2.45, 2.75) is 46.3 Å². The van der Waals surface area contributed by atoms with E-state index in [0.717, 1.165) is 39.0 Å². The molecule has 102 valence electrons. The van der Waals surface area contributed by atoms with Gasteiger partial charge in [-0.1, -0.05) is 6.92 Å². The maximum absolute atomic E-state index is 4.76. The lowest BCUT2D eigenvalue weighted by atomic mass is 10.2. The Labute approximate surface area is 113 Å². The Morgan fingerprint density at radius 1 is 1.37 bits per heavy atom. The van der Waals surface area contributed by atoms with Gasteiger partial charge in [0.25, 0.3) is 0 Å². The lowest BCUT2D eigenvalue weighted by Crippen LogP contribution is -2.25. The highest BCUT2D eigenvalue weighted by Gasteiger charge is 2.18. The molecule has 19 heavy (non-hydrogen) atoms. The molecule has 3 heterocycles. The standard InChI is InChI=1S/C14H21N5/c1-3-14-17-12-9-15-5-4-13(12)19(14)7-6-18-10-11(2)8-16-18/h8,10,15H,3-7,9H2,1-2H3. The summed E-state index contributed by atoms with van der Waals surface area (Å²) in [6, 6.07) is 0. The molecule has 3 rings (SSSR count). The van der Waals surface area contributed by atoms with E-state index < -0.39 is 0 Å². The fourth-order valence-corrected chi connectivity index (χ4v) is 2.75. The fourth-order valence-electron chi connectivity index (χ4n) is 2.75. The zero-order valence-corrected chi connectivity index (χ0v) is 11.7. The Morgan fingerprint density at radius 3 is 3.00 bits per heavy atom. The van der Waals surface area contributed by atoms with E-state index in [1.54, 1.807) is 0 Å². The summed E-state index contributed by atoms with van der Waals surface area (Å²) in [5.74, 6) is 1.21. The highest BCUT2D eigenvalue weighted by atomic mass is 15.3. The topological polar surface area (TPSA) is 47.7 Å². The van der Waals surface area contributed by atoms with E-state index in [1.807, 2.05) is 10.9 Å². The van der Waals surface area contributed by atoms with Crippen molar-refractivity contribution in [3.05, 3.63) is 35.2 Å². The molecule has 0 spiro atoms. The molecule has 5 heteroatoms. The van der Waals surface area contributed by atoms with Crippen molar-refractivity contribution in [1.29, 1.82) is 0 Å². The van der Waals surface area contributed by atoms with Crippen LogP contribution in [0.5, 0.6) is 0 Å². The summed E-state index contributed by atoms with van der Waals surface area (Å²) < 4.78 is 4.41. The number of aromatic nitrogens is 4. The summed E-state index contributed by atoms with van der Waals surface area (Å²) in [5, 5.41) is 7.74. The second-order valence-corrected chi connectivity index (χ2v) is 5.13. The van der Waals surface area contributed by atoms with Crippen molar-refractivity contribution in [3.8, 4) is 0 Å². The van der Waals surface area contributed by atoms with Crippen molar-refractivity contribution in [3.63, 3.8) is 0 Å². The average molecular weight is 259 g/mol. The molecule has 0 atom stereocenters. The van der Waals surface area contributed by atoms with Crippen LogP contribution in [0.15, 0.2) is 12.4 Å². The van der Waals surface area contributed by atoms with Gasteiger partial charge in [0.05, 0.1) is 18.4 Å². The van der Waals surface area contributed by atoms with Crippen LogP contribution < -0.4 is 5.32 Å². The lowest BCUT2D eigenvalue weighted by molar-refractivity contribution is 0.501. The van der Waals surface area contributed by atoms with Gasteiger partial charge in [-0.25, -0.2) is 4.98 Å². The smallest absolute Gasteiger partial charge is 0.109 e. The molecule has 1 N–H and O–H groups in total. The van der Waals surface area contributed by atoms with Crippen molar-refractivity contribution in [1.82, 2.24) is 24.6 Å². The number of hydrogen-bond acceptors (Lipinski definition) is 3. The molecule has 2 aromatic heterocycles. The quantitative estimate of drug-likeness (QED) is 0.900. The van der Waals surface area contributed by atoms with E-state index in [1.165, 1.54) is 22.8 Å². The summed E-state index contributed by atoms with van der Waals surface area (Å²) >= 11 is 0. The second-order valence-electron chi connectivity index (χ2n) is 5.13. The molecule has 0 aromatic carbocycles. The van der Waals surface area contributed by atoms with Crippen molar-refractivity contribution >= 4 is 0 Å². The number of aryl methyl sites for hydroxylation is 3. The zero-order chi connectivity index (χ0) is 13.2. The molecule has 0 saturated carbocycles. The van der Waals surface area contributed by atoms with Crippen LogP contribution >= 0.6 is 0 Å². The van der Waals surface area contributed by atoms with Crippen molar-refractivity contribution in [2.75, 3.05) is 6.54 Å². The van der Waals surface area contributed by atoms with Gasteiger partial charge in [-0.05, 0) is 12.5 Å². The summed E-state index contributed by atoms with van der Waals surface area (Å²) in [6.07, 6.45) is 6.08. The van der Waals surface area contributed by atoms with Crippen molar-refractivity contribution in [2.24, 2.45) is 0 Å². The van der Waals surface area contributed by atoms with E-state index in [2.05, 4.69) is 35.0 Å². The minimum Gasteiger partial charge on any atom is -0.330 e. The van der Waals surface area contributed by atoms with Gasteiger partial charge in [0.1, 0.15) is 5.82 Å². The van der Waals surface area contributed by atoms with E-state index in [-0.39, 0.29) is 0 Å². The SMILES string of the molecule is CCc1nc2c(n1CCn1cc(C)cn1)CCNC2. The number of rotatable bonds is 4. The molecule has 0 unspecified atom stereocenters. The van der Waals surface area contributed by atoms with Gasteiger partial charge in [-0.15, -0.1) is 0 Å². The second kappa shape index (κ2) is 5.17. The number of fused-ring (bicyclic) bond motifs is 1. The highest BCUT2D eigenvalue weighted by Crippen LogP contribution is 2.16.